The van der Waals surface area contributed by atoms with Gasteiger partial charge in [-0.2, -0.15) is 5.10 Å². The minimum atomic E-state index is -0.338. The average Bonchev–Trinajstić information content (AvgIpc) is 2.91. The highest BCUT2D eigenvalue weighted by atomic mass is 16.5. The molecule has 0 aliphatic heterocycles. The van der Waals surface area contributed by atoms with Crippen LogP contribution in [0.15, 0.2) is 48.7 Å². The Morgan fingerprint density at radius 1 is 1.18 bits per heavy atom. The van der Waals surface area contributed by atoms with E-state index in [0.29, 0.717) is 12.3 Å². The Balaban J connectivity index is 1.89. The molecule has 22 heavy (non-hydrogen) atoms. The van der Waals surface area contributed by atoms with Crippen molar-refractivity contribution >= 4 is 16.9 Å². The third kappa shape index (κ3) is 2.93. The highest BCUT2D eigenvalue weighted by molar-refractivity contribution is 5.87. The SMILES string of the molecule is COc1ccc(Cn2cc3c(OC(C)=O)cccc3n2)cc1. The van der Waals surface area contributed by atoms with Crippen LogP contribution in [0.2, 0.25) is 0 Å². The van der Waals surface area contributed by atoms with Gasteiger partial charge in [0.05, 0.1) is 24.6 Å². The van der Waals surface area contributed by atoms with E-state index in [2.05, 4.69) is 5.10 Å². The third-order valence-electron chi connectivity index (χ3n) is 3.31. The number of fused-ring (bicyclic) bond motifs is 1. The van der Waals surface area contributed by atoms with Gasteiger partial charge in [0.1, 0.15) is 11.5 Å². The smallest absolute Gasteiger partial charge is 0.308 e. The van der Waals surface area contributed by atoms with Crippen LogP contribution in [-0.4, -0.2) is 22.9 Å². The van der Waals surface area contributed by atoms with E-state index >= 15 is 0 Å². The quantitative estimate of drug-likeness (QED) is 0.548. The molecule has 0 unspecified atom stereocenters. The number of carbonyl (C=O) groups excluding carboxylic acids is 1. The number of nitrogens with zero attached hydrogens (tertiary/aromatic N) is 2. The van der Waals surface area contributed by atoms with Gasteiger partial charge in [0.15, 0.2) is 0 Å². The number of aromatic nitrogens is 2. The standard InChI is InChI=1S/C17H16N2O3/c1-12(20)22-17-5-3-4-16-15(17)11-19(18-16)10-13-6-8-14(21-2)9-7-13/h3-9,11H,10H2,1-2H3. The molecule has 0 saturated carbocycles. The minimum absolute atomic E-state index is 0.338. The van der Waals surface area contributed by atoms with Crippen molar-refractivity contribution in [2.24, 2.45) is 0 Å². The van der Waals surface area contributed by atoms with Gasteiger partial charge in [-0.3, -0.25) is 9.48 Å². The van der Waals surface area contributed by atoms with Crippen molar-refractivity contribution in [1.29, 1.82) is 0 Å². The molecule has 0 saturated heterocycles. The molecule has 0 radical (unpaired) electrons. The molecule has 0 fully saturated rings. The van der Waals surface area contributed by atoms with Crippen LogP contribution in [0.25, 0.3) is 10.9 Å². The predicted molar refractivity (Wildman–Crippen MR) is 83.1 cm³/mol. The lowest BCUT2D eigenvalue weighted by atomic mass is 10.2. The first kappa shape index (κ1) is 14.1. The molecule has 5 nitrogen and oxygen atoms in total. The van der Waals surface area contributed by atoms with Crippen LogP contribution in [0.1, 0.15) is 12.5 Å². The van der Waals surface area contributed by atoms with Crippen molar-refractivity contribution in [2.45, 2.75) is 13.5 Å². The van der Waals surface area contributed by atoms with E-state index in [1.54, 1.807) is 13.2 Å². The molecule has 112 valence electrons. The molecular formula is C17H16N2O3. The van der Waals surface area contributed by atoms with Gasteiger partial charge in [0.2, 0.25) is 0 Å². The van der Waals surface area contributed by atoms with Gasteiger partial charge < -0.3 is 9.47 Å². The van der Waals surface area contributed by atoms with Crippen molar-refractivity contribution < 1.29 is 14.3 Å². The summed E-state index contributed by atoms with van der Waals surface area (Å²) in [6.45, 7) is 2.03. The van der Waals surface area contributed by atoms with Crippen LogP contribution >= 0.6 is 0 Å². The monoisotopic (exact) mass is 296 g/mol. The number of rotatable bonds is 4. The summed E-state index contributed by atoms with van der Waals surface area (Å²) in [5, 5.41) is 5.34. The largest absolute Gasteiger partial charge is 0.497 e. The zero-order valence-corrected chi connectivity index (χ0v) is 12.4. The molecule has 0 aliphatic carbocycles. The summed E-state index contributed by atoms with van der Waals surface area (Å²) in [6, 6.07) is 13.3. The van der Waals surface area contributed by atoms with Gasteiger partial charge in [-0.25, -0.2) is 0 Å². The van der Waals surface area contributed by atoms with Crippen LogP contribution in [0.5, 0.6) is 11.5 Å². The normalized spacial score (nSPS) is 10.6. The highest BCUT2D eigenvalue weighted by Gasteiger charge is 2.09. The zero-order valence-electron chi connectivity index (χ0n) is 12.4. The molecule has 0 atom stereocenters. The summed E-state index contributed by atoms with van der Waals surface area (Å²) >= 11 is 0. The molecule has 2 aromatic carbocycles. The number of carbonyl (C=O) groups is 1. The topological polar surface area (TPSA) is 53.4 Å². The summed E-state index contributed by atoms with van der Waals surface area (Å²) in [7, 11) is 1.64. The Morgan fingerprint density at radius 2 is 1.95 bits per heavy atom. The number of hydrogen-bond acceptors (Lipinski definition) is 4. The molecule has 0 spiro atoms. The third-order valence-corrected chi connectivity index (χ3v) is 3.31. The molecule has 3 rings (SSSR count). The Kier molecular flexibility index (Phi) is 3.78. The summed E-state index contributed by atoms with van der Waals surface area (Å²) in [5.74, 6) is 1.02. The molecule has 5 heteroatoms. The minimum Gasteiger partial charge on any atom is -0.497 e. The second-order valence-electron chi connectivity index (χ2n) is 4.96. The van der Waals surface area contributed by atoms with Gasteiger partial charge in [0, 0.05) is 13.1 Å². The van der Waals surface area contributed by atoms with Crippen LogP contribution in [0, 0.1) is 0 Å². The van der Waals surface area contributed by atoms with Crippen molar-refractivity contribution in [1.82, 2.24) is 9.78 Å². The maximum atomic E-state index is 11.2. The first-order valence-corrected chi connectivity index (χ1v) is 6.93. The summed E-state index contributed by atoms with van der Waals surface area (Å²) in [4.78, 5) is 11.2. The molecule has 1 heterocycles. The van der Waals surface area contributed by atoms with Crippen molar-refractivity contribution in [3.63, 3.8) is 0 Å². The zero-order chi connectivity index (χ0) is 15.5. The Labute approximate surface area is 128 Å². The molecule has 3 aromatic rings. The number of benzene rings is 2. The van der Waals surface area contributed by atoms with Crippen molar-refractivity contribution in [3.8, 4) is 11.5 Å². The van der Waals surface area contributed by atoms with E-state index in [1.165, 1.54) is 6.92 Å². The molecule has 0 amide bonds. The molecular weight excluding hydrogens is 280 g/mol. The van der Waals surface area contributed by atoms with E-state index in [0.717, 1.165) is 22.2 Å². The lowest BCUT2D eigenvalue weighted by molar-refractivity contribution is -0.131. The maximum Gasteiger partial charge on any atom is 0.308 e. The fourth-order valence-corrected chi connectivity index (χ4v) is 2.31. The van der Waals surface area contributed by atoms with Gasteiger partial charge in [-0.1, -0.05) is 18.2 Å². The number of ether oxygens (including phenoxy) is 2. The first-order valence-electron chi connectivity index (χ1n) is 6.93. The summed E-state index contributed by atoms with van der Waals surface area (Å²) in [6.07, 6.45) is 1.89. The van der Waals surface area contributed by atoms with Crippen LogP contribution < -0.4 is 9.47 Å². The van der Waals surface area contributed by atoms with E-state index in [1.807, 2.05) is 47.3 Å². The van der Waals surface area contributed by atoms with Gasteiger partial charge >= 0.3 is 5.97 Å². The van der Waals surface area contributed by atoms with Crippen molar-refractivity contribution in [2.75, 3.05) is 7.11 Å². The van der Waals surface area contributed by atoms with Gasteiger partial charge in [0.25, 0.3) is 0 Å². The van der Waals surface area contributed by atoms with Crippen molar-refractivity contribution in [3.05, 3.63) is 54.2 Å². The lowest BCUT2D eigenvalue weighted by Crippen LogP contribution is -2.01. The average molecular weight is 296 g/mol. The Hall–Kier alpha value is -2.82. The second-order valence-corrected chi connectivity index (χ2v) is 4.96. The highest BCUT2D eigenvalue weighted by Crippen LogP contribution is 2.25. The summed E-state index contributed by atoms with van der Waals surface area (Å²) < 4.78 is 12.2. The Bertz CT molecular complexity index is 806. The molecule has 1 aromatic heterocycles. The number of methoxy groups -OCH3 is 1. The predicted octanol–water partition coefficient (Wildman–Crippen LogP) is 3.02. The van der Waals surface area contributed by atoms with Crippen LogP contribution in [0.3, 0.4) is 0 Å². The fraction of sp³-hybridized carbons (Fsp3) is 0.176. The van der Waals surface area contributed by atoms with E-state index in [9.17, 15) is 4.79 Å². The van der Waals surface area contributed by atoms with Gasteiger partial charge in [-0.15, -0.1) is 0 Å². The maximum absolute atomic E-state index is 11.2. The number of hydrogen-bond donors (Lipinski definition) is 0. The van der Waals surface area contributed by atoms with E-state index in [4.69, 9.17) is 9.47 Å². The molecule has 0 aliphatic rings. The molecule has 0 N–H and O–H groups in total. The fourth-order valence-electron chi connectivity index (χ4n) is 2.31. The first-order chi connectivity index (χ1) is 10.7. The lowest BCUT2D eigenvalue weighted by Gasteiger charge is -2.03. The molecule has 0 bridgehead atoms. The Morgan fingerprint density at radius 3 is 2.64 bits per heavy atom. The van der Waals surface area contributed by atoms with Crippen LogP contribution in [0.4, 0.5) is 0 Å². The summed E-state index contributed by atoms with van der Waals surface area (Å²) in [5.41, 5.74) is 1.91. The van der Waals surface area contributed by atoms with Crippen LogP contribution in [-0.2, 0) is 11.3 Å². The second kappa shape index (κ2) is 5.89. The van der Waals surface area contributed by atoms with E-state index in [-0.39, 0.29) is 5.97 Å². The van der Waals surface area contributed by atoms with Gasteiger partial charge in [-0.05, 0) is 29.8 Å². The number of esters is 1. The van der Waals surface area contributed by atoms with E-state index < -0.39 is 0 Å².